The molecule has 8 heteroatoms. The lowest BCUT2D eigenvalue weighted by Gasteiger charge is -2.07. The number of hydrogen-bond donors (Lipinski definition) is 0. The minimum Gasteiger partial charge on any atom is -0.436 e. The fourth-order valence-electron chi connectivity index (χ4n) is 5.45. The summed E-state index contributed by atoms with van der Waals surface area (Å²) < 4.78 is 23.3. The van der Waals surface area contributed by atoms with E-state index >= 15 is 0 Å². The fourth-order valence-corrected chi connectivity index (χ4v) is 5.45. The number of aromatic nitrogens is 2. The Morgan fingerprint density at radius 1 is 0.565 bits per heavy atom. The van der Waals surface area contributed by atoms with Crippen LogP contribution in [0.15, 0.2) is 93.8 Å². The van der Waals surface area contributed by atoms with Gasteiger partial charge >= 0.3 is 11.9 Å². The van der Waals surface area contributed by atoms with Gasteiger partial charge in [0, 0.05) is 36.1 Å². The van der Waals surface area contributed by atoms with E-state index in [1.807, 2.05) is 100 Å². The molecule has 0 atom stereocenters. The second-order valence-corrected chi connectivity index (χ2v) is 12.4. The number of carbonyl (C=O) groups is 2. The highest BCUT2D eigenvalue weighted by Gasteiger charge is 2.16. The zero-order valence-corrected chi connectivity index (χ0v) is 26.0. The lowest BCUT2D eigenvalue weighted by Crippen LogP contribution is -2.10. The van der Waals surface area contributed by atoms with Gasteiger partial charge in [0.1, 0.15) is 22.5 Å². The van der Waals surface area contributed by atoms with Gasteiger partial charge < -0.3 is 18.3 Å². The third-order valence-corrected chi connectivity index (χ3v) is 7.63. The van der Waals surface area contributed by atoms with E-state index in [0.29, 0.717) is 58.3 Å². The van der Waals surface area contributed by atoms with Crippen LogP contribution in [0.5, 0.6) is 11.5 Å². The summed E-state index contributed by atoms with van der Waals surface area (Å²) in [6.45, 7) is 7.94. The van der Waals surface area contributed by atoms with Gasteiger partial charge in [-0.3, -0.25) is 9.59 Å². The van der Waals surface area contributed by atoms with Gasteiger partial charge in [-0.05, 0) is 81.9 Å². The van der Waals surface area contributed by atoms with Crippen molar-refractivity contribution in [2.75, 3.05) is 0 Å². The summed E-state index contributed by atoms with van der Waals surface area (Å²) in [7, 11) is 0. The van der Waals surface area contributed by atoms with Crippen LogP contribution in [0.1, 0.15) is 40.5 Å². The molecule has 8 nitrogen and oxygen atoms in total. The first-order valence-corrected chi connectivity index (χ1v) is 15.4. The summed E-state index contributed by atoms with van der Waals surface area (Å²) in [6, 6.07) is 26.6. The Hall–Kier alpha value is -5.50. The van der Waals surface area contributed by atoms with Crippen molar-refractivity contribution < 1.29 is 27.9 Å². The number of hydrogen-bond acceptors (Lipinski definition) is 8. The van der Waals surface area contributed by atoms with Crippen molar-refractivity contribution in [1.29, 1.82) is 0 Å². The van der Waals surface area contributed by atoms with Gasteiger partial charge in [-0.25, -0.2) is 9.97 Å². The van der Waals surface area contributed by atoms with Crippen molar-refractivity contribution in [3.63, 3.8) is 0 Å². The van der Waals surface area contributed by atoms with Crippen molar-refractivity contribution in [3.8, 4) is 34.4 Å². The minimum atomic E-state index is -0.237. The summed E-state index contributed by atoms with van der Waals surface area (Å²) in [5, 5.41) is 3.84. The van der Waals surface area contributed by atoms with Gasteiger partial charge in [-0.2, -0.15) is 0 Å². The summed E-state index contributed by atoms with van der Waals surface area (Å²) in [4.78, 5) is 33.6. The van der Waals surface area contributed by atoms with Crippen molar-refractivity contribution in [2.24, 2.45) is 11.8 Å². The molecule has 0 bridgehead atoms. The number of ether oxygens (including phenoxy) is 2. The molecule has 0 amide bonds. The summed E-state index contributed by atoms with van der Waals surface area (Å²) >= 11 is 0. The highest BCUT2D eigenvalue weighted by Crippen LogP contribution is 2.34. The molecular weight excluding hydrogens is 580 g/mol. The molecule has 230 valence electrons. The average molecular weight is 613 g/mol. The second-order valence-electron chi connectivity index (χ2n) is 12.4. The molecule has 0 saturated carbocycles. The van der Waals surface area contributed by atoms with E-state index in [9.17, 15) is 9.59 Å². The van der Waals surface area contributed by atoms with E-state index in [-0.39, 0.29) is 23.8 Å². The molecular formula is C38H32N2O6. The highest BCUT2D eigenvalue weighted by atomic mass is 16.5. The smallest absolute Gasteiger partial charge is 0.311 e. The number of rotatable bonds is 8. The number of nitrogens with zero attached hydrogens (tertiary/aromatic N) is 2. The topological polar surface area (TPSA) is 105 Å². The Labute approximate surface area is 264 Å². The predicted molar refractivity (Wildman–Crippen MR) is 178 cm³/mol. The van der Waals surface area contributed by atoms with Crippen LogP contribution in [-0.2, 0) is 9.59 Å². The third kappa shape index (κ3) is 6.06. The molecule has 0 N–H and O–H groups in total. The molecule has 7 rings (SSSR count). The monoisotopic (exact) mass is 612 g/mol. The van der Waals surface area contributed by atoms with Crippen LogP contribution >= 0.6 is 0 Å². The highest BCUT2D eigenvalue weighted by molar-refractivity contribution is 5.94. The van der Waals surface area contributed by atoms with E-state index in [2.05, 4.69) is 0 Å². The van der Waals surface area contributed by atoms with Crippen LogP contribution in [0.25, 0.3) is 66.7 Å². The van der Waals surface area contributed by atoms with Gasteiger partial charge in [0.2, 0.25) is 11.8 Å². The molecule has 0 fully saturated rings. The Morgan fingerprint density at radius 3 is 1.37 bits per heavy atom. The second kappa shape index (κ2) is 11.8. The molecule has 0 aliphatic heterocycles. The summed E-state index contributed by atoms with van der Waals surface area (Å²) in [5.74, 6) is 2.03. The first-order valence-electron chi connectivity index (χ1n) is 15.4. The van der Waals surface area contributed by atoms with E-state index in [0.717, 1.165) is 32.7 Å². The molecule has 0 saturated heterocycles. The molecule has 46 heavy (non-hydrogen) atoms. The number of fused-ring (bicyclic) bond motifs is 4. The zero-order chi connectivity index (χ0) is 31.9. The lowest BCUT2D eigenvalue weighted by atomic mass is 10.1. The average Bonchev–Trinajstić information content (AvgIpc) is 3.62. The quantitative estimate of drug-likeness (QED) is 0.123. The molecule has 7 aromatic rings. The van der Waals surface area contributed by atoms with Crippen LogP contribution in [0.3, 0.4) is 0 Å². The largest absolute Gasteiger partial charge is 0.436 e. The molecule has 2 heterocycles. The van der Waals surface area contributed by atoms with Crippen LogP contribution in [-0.4, -0.2) is 21.9 Å². The van der Waals surface area contributed by atoms with Crippen molar-refractivity contribution in [3.05, 3.63) is 84.9 Å². The third-order valence-electron chi connectivity index (χ3n) is 7.63. The van der Waals surface area contributed by atoms with Gasteiger partial charge in [-0.15, -0.1) is 0 Å². The molecule has 2 aromatic heterocycles. The van der Waals surface area contributed by atoms with Crippen LogP contribution < -0.4 is 9.47 Å². The summed E-state index contributed by atoms with van der Waals surface area (Å²) in [5.41, 5.74) is 4.19. The van der Waals surface area contributed by atoms with Crippen molar-refractivity contribution in [2.45, 2.75) is 40.5 Å². The Balaban J connectivity index is 1.12. The standard InChI is InChI=1S/C38H32N2O6/c1-21(2)13-35(41)43-29-11-9-23-15-27(7-5-25(23)17-29)37-39-31-19-34-32(20-33(31)45-37)40-38(46-34)28-8-6-26-18-30(12-10-24(26)16-28)44-36(42)14-22(3)4/h5-12,15-22H,13-14H2,1-4H3. The molecule has 0 spiro atoms. The molecule has 0 aliphatic carbocycles. The van der Waals surface area contributed by atoms with E-state index < -0.39 is 0 Å². The number of oxazole rings is 2. The molecule has 5 aromatic carbocycles. The molecule has 0 radical (unpaired) electrons. The van der Waals surface area contributed by atoms with E-state index in [4.69, 9.17) is 28.3 Å². The van der Waals surface area contributed by atoms with Crippen LogP contribution in [0.4, 0.5) is 0 Å². The van der Waals surface area contributed by atoms with E-state index in [1.165, 1.54) is 0 Å². The zero-order valence-electron chi connectivity index (χ0n) is 26.0. The molecule has 0 aliphatic rings. The maximum absolute atomic E-state index is 12.1. The number of esters is 2. The summed E-state index contributed by atoms with van der Waals surface area (Å²) in [6.07, 6.45) is 0.750. The van der Waals surface area contributed by atoms with Gasteiger partial charge in [0.15, 0.2) is 11.2 Å². The first kappa shape index (κ1) is 29.2. The van der Waals surface area contributed by atoms with Gasteiger partial charge in [0.25, 0.3) is 0 Å². The first-order chi connectivity index (χ1) is 22.2. The maximum atomic E-state index is 12.1. The van der Waals surface area contributed by atoms with Gasteiger partial charge in [-0.1, -0.05) is 52.0 Å². The minimum absolute atomic E-state index is 0.237. The fraction of sp³-hybridized carbons (Fsp3) is 0.211. The van der Waals surface area contributed by atoms with Crippen LogP contribution in [0.2, 0.25) is 0 Å². The van der Waals surface area contributed by atoms with Gasteiger partial charge in [0.05, 0.1) is 0 Å². The number of carbonyl (C=O) groups excluding carboxylic acids is 2. The van der Waals surface area contributed by atoms with Crippen LogP contribution in [0, 0.1) is 11.8 Å². The molecule has 0 unspecified atom stereocenters. The van der Waals surface area contributed by atoms with Crippen molar-refractivity contribution >= 4 is 55.7 Å². The predicted octanol–water partition coefficient (Wildman–Crippen LogP) is 9.51. The maximum Gasteiger partial charge on any atom is 0.311 e. The Bertz CT molecular complexity index is 2070. The van der Waals surface area contributed by atoms with Crippen molar-refractivity contribution in [1.82, 2.24) is 9.97 Å². The SMILES string of the molecule is CC(C)CC(=O)Oc1ccc2cc(-c3nc4cc5oc(-c6ccc7cc(OC(=O)CC(C)C)ccc7c6)nc5cc4o3)ccc2c1. The Morgan fingerprint density at radius 2 is 0.957 bits per heavy atom. The lowest BCUT2D eigenvalue weighted by molar-refractivity contribution is -0.136. The number of benzene rings is 5. The van der Waals surface area contributed by atoms with E-state index in [1.54, 1.807) is 12.1 Å². The Kier molecular flexibility index (Phi) is 7.48. The normalized spacial score (nSPS) is 11.8.